The van der Waals surface area contributed by atoms with Crippen molar-refractivity contribution >= 4 is 39.1 Å². The number of fused-ring (bicyclic) bond motifs is 1. The highest BCUT2D eigenvalue weighted by Crippen LogP contribution is 2.40. The van der Waals surface area contributed by atoms with Crippen LogP contribution < -0.4 is 4.90 Å². The van der Waals surface area contributed by atoms with Crippen molar-refractivity contribution in [3.05, 3.63) is 64.1 Å². The summed E-state index contributed by atoms with van der Waals surface area (Å²) >= 11 is 3.60. The first-order valence-electron chi connectivity index (χ1n) is 8.17. The summed E-state index contributed by atoms with van der Waals surface area (Å²) in [6.07, 6.45) is 4.45. The molecule has 2 aromatic rings. The molecule has 1 aliphatic rings. The average Bonchev–Trinajstić information content (AvgIpc) is 2.72. The molecule has 3 rings (SSSR count). The van der Waals surface area contributed by atoms with Gasteiger partial charge in [-0.1, -0.05) is 28.1 Å². The van der Waals surface area contributed by atoms with E-state index in [4.69, 9.17) is 0 Å². The highest BCUT2D eigenvalue weighted by Gasteiger charge is 2.42. The lowest BCUT2D eigenvalue weighted by molar-refractivity contribution is -0.401. The van der Waals surface area contributed by atoms with Gasteiger partial charge in [0.15, 0.2) is 5.71 Å². The van der Waals surface area contributed by atoms with E-state index in [0.717, 1.165) is 4.47 Å². The van der Waals surface area contributed by atoms with E-state index in [-0.39, 0.29) is 5.41 Å². The van der Waals surface area contributed by atoms with E-state index in [0.29, 0.717) is 0 Å². The second-order valence-electron chi connectivity index (χ2n) is 7.05. The SMILES string of the molecule is CN(C)c1ccc(/C=C/C2=[N+](C)c3ccc(Br)cc3C2(C)C)cc1. The topological polar surface area (TPSA) is 6.25 Å². The van der Waals surface area contributed by atoms with Crippen molar-refractivity contribution in [1.82, 2.24) is 0 Å². The van der Waals surface area contributed by atoms with E-state index in [1.807, 2.05) is 0 Å². The van der Waals surface area contributed by atoms with Gasteiger partial charge in [-0.3, -0.25) is 0 Å². The molecule has 0 atom stereocenters. The average molecular weight is 384 g/mol. The normalized spacial score (nSPS) is 15.9. The molecule has 24 heavy (non-hydrogen) atoms. The minimum Gasteiger partial charge on any atom is -0.378 e. The Bertz CT molecular complexity index is 827. The zero-order chi connectivity index (χ0) is 17.5. The first-order chi connectivity index (χ1) is 11.3. The molecule has 2 nitrogen and oxygen atoms in total. The van der Waals surface area contributed by atoms with E-state index in [2.05, 4.69) is 115 Å². The van der Waals surface area contributed by atoms with Crippen molar-refractivity contribution < 1.29 is 4.58 Å². The number of nitrogens with zero attached hydrogens (tertiary/aromatic N) is 2. The lowest BCUT2D eigenvalue weighted by Gasteiger charge is -2.15. The minimum absolute atomic E-state index is 0.00601. The summed E-state index contributed by atoms with van der Waals surface area (Å²) in [7, 11) is 6.27. The fraction of sp³-hybridized carbons (Fsp3) is 0.286. The minimum atomic E-state index is -0.00601. The molecule has 0 spiro atoms. The first kappa shape index (κ1) is 17.0. The summed E-state index contributed by atoms with van der Waals surface area (Å²) in [6.45, 7) is 4.58. The molecule has 1 aliphatic heterocycles. The summed E-state index contributed by atoms with van der Waals surface area (Å²) < 4.78 is 3.43. The van der Waals surface area contributed by atoms with Crippen molar-refractivity contribution in [3.8, 4) is 0 Å². The van der Waals surface area contributed by atoms with Crippen LogP contribution in [-0.2, 0) is 5.41 Å². The fourth-order valence-corrected chi connectivity index (χ4v) is 3.73. The molecule has 2 aromatic carbocycles. The molecule has 0 unspecified atom stereocenters. The highest BCUT2D eigenvalue weighted by molar-refractivity contribution is 9.10. The van der Waals surface area contributed by atoms with Gasteiger partial charge in [0, 0.05) is 42.0 Å². The van der Waals surface area contributed by atoms with E-state index in [1.165, 1.54) is 28.2 Å². The largest absolute Gasteiger partial charge is 0.378 e. The Kier molecular flexibility index (Phi) is 4.39. The second-order valence-corrected chi connectivity index (χ2v) is 7.97. The van der Waals surface area contributed by atoms with Gasteiger partial charge in [0.25, 0.3) is 0 Å². The van der Waals surface area contributed by atoms with Crippen LogP contribution in [0, 0.1) is 0 Å². The van der Waals surface area contributed by atoms with Crippen LogP contribution >= 0.6 is 15.9 Å². The molecule has 0 bridgehead atoms. The fourth-order valence-electron chi connectivity index (χ4n) is 3.37. The van der Waals surface area contributed by atoms with Gasteiger partial charge in [0.2, 0.25) is 5.69 Å². The summed E-state index contributed by atoms with van der Waals surface area (Å²) in [6, 6.07) is 15.2. The van der Waals surface area contributed by atoms with E-state index in [9.17, 15) is 0 Å². The predicted octanol–water partition coefficient (Wildman–Crippen LogP) is 5.23. The van der Waals surface area contributed by atoms with Crippen LogP contribution in [0.2, 0.25) is 0 Å². The summed E-state index contributed by atoms with van der Waals surface area (Å²) in [5, 5.41) is 0. The smallest absolute Gasteiger partial charge is 0.209 e. The van der Waals surface area contributed by atoms with Crippen molar-refractivity contribution in [2.24, 2.45) is 0 Å². The van der Waals surface area contributed by atoms with Crippen LogP contribution in [0.5, 0.6) is 0 Å². The molecule has 0 N–H and O–H groups in total. The molecule has 0 saturated carbocycles. The van der Waals surface area contributed by atoms with Gasteiger partial charge in [-0.25, -0.2) is 0 Å². The predicted molar refractivity (Wildman–Crippen MR) is 108 cm³/mol. The lowest BCUT2D eigenvalue weighted by atomic mass is 9.81. The zero-order valence-corrected chi connectivity index (χ0v) is 16.6. The Hall–Kier alpha value is -1.87. The summed E-state index contributed by atoms with van der Waals surface area (Å²) in [4.78, 5) is 2.12. The molecule has 0 radical (unpaired) electrons. The van der Waals surface area contributed by atoms with Gasteiger partial charge < -0.3 is 4.90 Å². The van der Waals surface area contributed by atoms with Crippen LogP contribution in [0.25, 0.3) is 6.08 Å². The number of hydrogen-bond acceptors (Lipinski definition) is 1. The van der Waals surface area contributed by atoms with Crippen LogP contribution in [0.15, 0.2) is 53.0 Å². The van der Waals surface area contributed by atoms with Crippen LogP contribution in [0.3, 0.4) is 0 Å². The molecule has 0 fully saturated rings. The van der Waals surface area contributed by atoms with Crippen molar-refractivity contribution in [2.45, 2.75) is 19.3 Å². The molecule has 1 heterocycles. The quantitative estimate of drug-likeness (QED) is 0.657. The molecule has 124 valence electrons. The molecule has 0 saturated heterocycles. The number of halogens is 1. The zero-order valence-electron chi connectivity index (χ0n) is 15.0. The number of hydrogen-bond donors (Lipinski definition) is 0. The number of anilines is 1. The van der Waals surface area contributed by atoms with E-state index >= 15 is 0 Å². The van der Waals surface area contributed by atoms with Crippen LogP contribution in [0.4, 0.5) is 11.4 Å². The lowest BCUT2D eigenvalue weighted by Crippen LogP contribution is -2.26. The maximum atomic E-state index is 3.60. The third-order valence-electron chi connectivity index (χ3n) is 4.84. The Morgan fingerprint density at radius 1 is 1.00 bits per heavy atom. The monoisotopic (exact) mass is 383 g/mol. The number of rotatable bonds is 3. The van der Waals surface area contributed by atoms with Crippen molar-refractivity contribution in [2.75, 3.05) is 26.0 Å². The van der Waals surface area contributed by atoms with Gasteiger partial charge in [0.1, 0.15) is 7.05 Å². The maximum absolute atomic E-state index is 3.60. The van der Waals surface area contributed by atoms with Gasteiger partial charge in [-0.2, -0.15) is 4.58 Å². The Morgan fingerprint density at radius 3 is 2.29 bits per heavy atom. The Balaban J connectivity index is 1.94. The number of benzene rings is 2. The third kappa shape index (κ3) is 2.93. The highest BCUT2D eigenvalue weighted by atomic mass is 79.9. The molecule has 0 amide bonds. The molecule has 0 aliphatic carbocycles. The third-order valence-corrected chi connectivity index (χ3v) is 5.33. The maximum Gasteiger partial charge on any atom is 0.209 e. The Morgan fingerprint density at radius 2 is 1.67 bits per heavy atom. The summed E-state index contributed by atoms with van der Waals surface area (Å²) in [5.74, 6) is 0. The van der Waals surface area contributed by atoms with Gasteiger partial charge in [-0.05, 0) is 49.8 Å². The van der Waals surface area contributed by atoms with Gasteiger partial charge in [0.05, 0.1) is 5.41 Å². The molecule has 0 aromatic heterocycles. The van der Waals surface area contributed by atoms with Gasteiger partial charge in [-0.15, -0.1) is 0 Å². The molecular weight excluding hydrogens is 360 g/mol. The second kappa shape index (κ2) is 6.21. The number of allylic oxidation sites excluding steroid dienone is 1. The van der Waals surface area contributed by atoms with Crippen molar-refractivity contribution in [3.63, 3.8) is 0 Å². The summed E-state index contributed by atoms with van der Waals surface area (Å²) in [5.41, 5.74) is 6.39. The Labute approximate surface area is 153 Å². The van der Waals surface area contributed by atoms with E-state index in [1.54, 1.807) is 0 Å². The molecule has 3 heteroatoms. The first-order valence-corrected chi connectivity index (χ1v) is 8.96. The van der Waals surface area contributed by atoms with E-state index < -0.39 is 0 Å². The van der Waals surface area contributed by atoms with Crippen LogP contribution in [-0.4, -0.2) is 31.4 Å². The van der Waals surface area contributed by atoms with Crippen molar-refractivity contribution in [1.29, 1.82) is 0 Å². The van der Waals surface area contributed by atoms with Crippen LogP contribution in [0.1, 0.15) is 25.0 Å². The van der Waals surface area contributed by atoms with Gasteiger partial charge >= 0.3 is 0 Å². The standard InChI is InChI=1S/C21H24BrN2/c1-21(2)18-14-16(22)9-12-19(18)24(5)20(21)13-8-15-6-10-17(11-7-15)23(3)4/h6-14H,1-5H3/q+1. The molecular formula is C21H24BrN2+.